The molecule has 0 aromatic carbocycles. The molecule has 0 aliphatic heterocycles. The van der Waals surface area contributed by atoms with Crippen LogP contribution >= 0.6 is 0 Å². The van der Waals surface area contributed by atoms with Gasteiger partial charge in [-0.1, -0.05) is 6.92 Å². The number of rotatable bonds is 12. The van der Waals surface area contributed by atoms with Crippen LogP contribution in [0.4, 0.5) is 0 Å². The zero-order chi connectivity index (χ0) is 15.3. The molecule has 0 fully saturated rings. The van der Waals surface area contributed by atoms with Crippen molar-refractivity contribution in [1.82, 2.24) is 10.3 Å². The lowest BCUT2D eigenvalue weighted by Crippen LogP contribution is -2.24. The second kappa shape index (κ2) is 11.4. The molecule has 0 radical (unpaired) electrons. The van der Waals surface area contributed by atoms with Crippen molar-refractivity contribution in [2.24, 2.45) is 0 Å². The van der Waals surface area contributed by atoms with E-state index in [1.807, 2.05) is 12.1 Å². The van der Waals surface area contributed by atoms with Gasteiger partial charge in [0.2, 0.25) is 0 Å². The SMILES string of the molecule is CCCNCc1ccc(OCC(O)COCCOC)cn1. The summed E-state index contributed by atoms with van der Waals surface area (Å²) in [5.41, 5.74) is 0.972. The highest BCUT2D eigenvalue weighted by Crippen LogP contribution is 2.09. The summed E-state index contributed by atoms with van der Waals surface area (Å²) in [6.07, 6.45) is 2.11. The minimum Gasteiger partial charge on any atom is -0.489 e. The van der Waals surface area contributed by atoms with E-state index < -0.39 is 6.10 Å². The van der Waals surface area contributed by atoms with Crippen LogP contribution in [0.2, 0.25) is 0 Å². The van der Waals surface area contributed by atoms with Crippen molar-refractivity contribution in [3.63, 3.8) is 0 Å². The summed E-state index contributed by atoms with van der Waals surface area (Å²) in [6.45, 7) is 5.26. The van der Waals surface area contributed by atoms with E-state index in [0.717, 1.165) is 25.2 Å². The van der Waals surface area contributed by atoms with E-state index in [2.05, 4.69) is 17.2 Å². The fourth-order valence-electron chi connectivity index (χ4n) is 1.60. The molecule has 21 heavy (non-hydrogen) atoms. The predicted molar refractivity (Wildman–Crippen MR) is 80.4 cm³/mol. The van der Waals surface area contributed by atoms with E-state index in [0.29, 0.717) is 19.0 Å². The van der Waals surface area contributed by atoms with Crippen molar-refractivity contribution in [2.75, 3.05) is 40.1 Å². The zero-order valence-corrected chi connectivity index (χ0v) is 12.9. The number of nitrogens with one attached hydrogen (secondary N) is 1. The van der Waals surface area contributed by atoms with E-state index in [4.69, 9.17) is 14.2 Å². The Labute approximate surface area is 126 Å². The van der Waals surface area contributed by atoms with Crippen LogP contribution in [-0.2, 0) is 16.0 Å². The van der Waals surface area contributed by atoms with Gasteiger partial charge in [-0.2, -0.15) is 0 Å². The lowest BCUT2D eigenvalue weighted by atomic mass is 10.3. The number of hydrogen-bond donors (Lipinski definition) is 2. The number of aliphatic hydroxyl groups is 1. The summed E-state index contributed by atoms with van der Waals surface area (Å²) >= 11 is 0. The van der Waals surface area contributed by atoms with Crippen molar-refractivity contribution in [3.8, 4) is 5.75 Å². The molecule has 0 aliphatic carbocycles. The molecule has 0 spiro atoms. The van der Waals surface area contributed by atoms with Gasteiger partial charge in [0.05, 0.1) is 31.7 Å². The number of pyridine rings is 1. The fourth-order valence-corrected chi connectivity index (χ4v) is 1.60. The highest BCUT2D eigenvalue weighted by molar-refractivity contribution is 5.19. The maximum absolute atomic E-state index is 9.69. The van der Waals surface area contributed by atoms with Gasteiger partial charge in [-0.15, -0.1) is 0 Å². The third-order valence-electron chi connectivity index (χ3n) is 2.71. The van der Waals surface area contributed by atoms with Gasteiger partial charge in [0.25, 0.3) is 0 Å². The largest absolute Gasteiger partial charge is 0.489 e. The third kappa shape index (κ3) is 8.62. The van der Waals surface area contributed by atoms with Crippen LogP contribution in [0.15, 0.2) is 18.3 Å². The molecule has 6 heteroatoms. The molecule has 0 bridgehead atoms. The predicted octanol–water partition coefficient (Wildman–Crippen LogP) is 0.984. The summed E-state index contributed by atoms with van der Waals surface area (Å²) < 4.78 is 15.5. The molecule has 120 valence electrons. The molecule has 1 unspecified atom stereocenters. The van der Waals surface area contributed by atoms with E-state index in [-0.39, 0.29) is 13.2 Å². The Morgan fingerprint density at radius 2 is 2.14 bits per heavy atom. The van der Waals surface area contributed by atoms with Crippen LogP contribution in [0, 0.1) is 0 Å². The Balaban J connectivity index is 2.19. The summed E-state index contributed by atoms with van der Waals surface area (Å²) in [6, 6.07) is 3.77. The van der Waals surface area contributed by atoms with Gasteiger partial charge in [-0.3, -0.25) is 4.98 Å². The van der Waals surface area contributed by atoms with E-state index in [9.17, 15) is 5.11 Å². The second-order valence-corrected chi connectivity index (χ2v) is 4.69. The summed E-state index contributed by atoms with van der Waals surface area (Å²) in [7, 11) is 1.61. The van der Waals surface area contributed by atoms with Gasteiger partial charge in [-0.25, -0.2) is 0 Å². The highest BCUT2D eigenvalue weighted by atomic mass is 16.5. The number of hydrogen-bond acceptors (Lipinski definition) is 6. The Morgan fingerprint density at radius 1 is 1.29 bits per heavy atom. The van der Waals surface area contributed by atoms with Crippen LogP contribution < -0.4 is 10.1 Å². The first-order valence-electron chi connectivity index (χ1n) is 7.29. The Hall–Kier alpha value is -1.21. The summed E-state index contributed by atoms with van der Waals surface area (Å²) in [5, 5.41) is 13.0. The van der Waals surface area contributed by atoms with Gasteiger partial charge in [-0.05, 0) is 25.1 Å². The maximum atomic E-state index is 9.69. The molecule has 1 aromatic rings. The molecular formula is C15H26N2O4. The average molecular weight is 298 g/mol. The fraction of sp³-hybridized carbons (Fsp3) is 0.667. The highest BCUT2D eigenvalue weighted by Gasteiger charge is 2.06. The van der Waals surface area contributed by atoms with Gasteiger partial charge >= 0.3 is 0 Å². The molecule has 1 aromatic heterocycles. The molecule has 1 atom stereocenters. The molecule has 0 aliphatic rings. The number of aromatic nitrogens is 1. The molecule has 0 amide bonds. The van der Waals surface area contributed by atoms with E-state index in [1.165, 1.54) is 0 Å². The Morgan fingerprint density at radius 3 is 2.81 bits per heavy atom. The van der Waals surface area contributed by atoms with Crippen molar-refractivity contribution in [2.45, 2.75) is 26.0 Å². The van der Waals surface area contributed by atoms with Crippen LogP contribution in [-0.4, -0.2) is 56.3 Å². The molecule has 0 saturated heterocycles. The van der Waals surface area contributed by atoms with Crippen molar-refractivity contribution < 1.29 is 19.3 Å². The normalized spacial score (nSPS) is 12.3. The quantitative estimate of drug-likeness (QED) is 0.561. The minimum atomic E-state index is -0.659. The third-order valence-corrected chi connectivity index (χ3v) is 2.71. The monoisotopic (exact) mass is 298 g/mol. The first kappa shape index (κ1) is 17.8. The van der Waals surface area contributed by atoms with Crippen LogP contribution in [0.25, 0.3) is 0 Å². The standard InChI is InChI=1S/C15H26N2O4/c1-3-6-16-9-13-4-5-15(10-17-13)21-12-14(18)11-20-8-7-19-2/h4-5,10,14,16,18H,3,6-9,11-12H2,1-2H3. The number of aliphatic hydroxyl groups excluding tert-OH is 1. The number of methoxy groups -OCH3 is 1. The van der Waals surface area contributed by atoms with Gasteiger partial charge in [0, 0.05) is 13.7 Å². The Kier molecular flexibility index (Phi) is 9.73. The molecule has 1 rings (SSSR count). The molecule has 2 N–H and O–H groups in total. The molecular weight excluding hydrogens is 272 g/mol. The average Bonchev–Trinajstić information content (AvgIpc) is 2.51. The number of nitrogens with zero attached hydrogens (tertiary/aromatic N) is 1. The van der Waals surface area contributed by atoms with E-state index in [1.54, 1.807) is 13.3 Å². The topological polar surface area (TPSA) is 72.8 Å². The Bertz CT molecular complexity index is 359. The zero-order valence-electron chi connectivity index (χ0n) is 12.9. The lowest BCUT2D eigenvalue weighted by molar-refractivity contribution is -0.00424. The first-order valence-corrected chi connectivity index (χ1v) is 7.29. The van der Waals surface area contributed by atoms with Gasteiger partial charge in [0.1, 0.15) is 18.5 Å². The van der Waals surface area contributed by atoms with Crippen LogP contribution in [0.5, 0.6) is 5.75 Å². The van der Waals surface area contributed by atoms with Crippen LogP contribution in [0.1, 0.15) is 19.0 Å². The van der Waals surface area contributed by atoms with Crippen molar-refractivity contribution >= 4 is 0 Å². The first-order chi connectivity index (χ1) is 10.3. The maximum Gasteiger partial charge on any atom is 0.137 e. The summed E-state index contributed by atoms with van der Waals surface area (Å²) in [5.74, 6) is 0.644. The molecule has 6 nitrogen and oxygen atoms in total. The smallest absolute Gasteiger partial charge is 0.137 e. The molecule has 1 heterocycles. The minimum absolute atomic E-state index is 0.183. The van der Waals surface area contributed by atoms with Crippen molar-refractivity contribution in [1.29, 1.82) is 0 Å². The summed E-state index contributed by atoms with van der Waals surface area (Å²) in [4.78, 5) is 4.30. The second-order valence-electron chi connectivity index (χ2n) is 4.69. The van der Waals surface area contributed by atoms with Gasteiger partial charge in [0.15, 0.2) is 0 Å². The van der Waals surface area contributed by atoms with E-state index >= 15 is 0 Å². The van der Waals surface area contributed by atoms with Crippen LogP contribution in [0.3, 0.4) is 0 Å². The lowest BCUT2D eigenvalue weighted by Gasteiger charge is -2.12. The number of ether oxygens (including phenoxy) is 3. The van der Waals surface area contributed by atoms with Gasteiger partial charge < -0.3 is 24.6 Å². The molecule has 0 saturated carbocycles. The van der Waals surface area contributed by atoms with Crippen molar-refractivity contribution in [3.05, 3.63) is 24.0 Å².